The maximum Gasteiger partial charge on any atom is 0.326 e. The van der Waals surface area contributed by atoms with Crippen LogP contribution in [0.25, 0.3) is 0 Å². The van der Waals surface area contributed by atoms with Gasteiger partial charge in [-0.2, -0.15) is 11.8 Å². The molecule has 7 N–H and O–H groups in total. The Morgan fingerprint density at radius 2 is 1.50 bits per heavy atom. The van der Waals surface area contributed by atoms with Crippen LogP contribution in [0.5, 0.6) is 0 Å². The summed E-state index contributed by atoms with van der Waals surface area (Å²) >= 11 is 1.55. The SMILES string of the molecule is CSCCC(N)C(=O)NC(Cc1ccccc1)C(=O)NC(CO)C(=O)NC(CC(C)C)C(=O)O. The fourth-order valence-corrected chi connectivity index (χ4v) is 3.63. The highest BCUT2D eigenvalue weighted by atomic mass is 32.2. The molecule has 0 fully saturated rings. The summed E-state index contributed by atoms with van der Waals surface area (Å²) in [5.41, 5.74) is 6.70. The quantitative estimate of drug-likeness (QED) is 0.195. The molecule has 0 aliphatic carbocycles. The third-order valence-electron chi connectivity index (χ3n) is 5.02. The Bertz CT molecular complexity index is 808. The van der Waals surface area contributed by atoms with Crippen molar-refractivity contribution in [3.05, 3.63) is 35.9 Å². The Morgan fingerprint density at radius 1 is 0.941 bits per heavy atom. The van der Waals surface area contributed by atoms with Crippen LogP contribution in [0.2, 0.25) is 0 Å². The van der Waals surface area contributed by atoms with E-state index < -0.39 is 54.5 Å². The Balaban J connectivity index is 2.95. The van der Waals surface area contributed by atoms with Gasteiger partial charge >= 0.3 is 5.97 Å². The summed E-state index contributed by atoms with van der Waals surface area (Å²) in [5.74, 6) is -2.55. The predicted molar refractivity (Wildman–Crippen MR) is 131 cm³/mol. The number of amides is 3. The number of hydrogen-bond donors (Lipinski definition) is 6. The molecule has 4 unspecified atom stereocenters. The van der Waals surface area contributed by atoms with Crippen molar-refractivity contribution < 1.29 is 29.4 Å². The van der Waals surface area contributed by atoms with Gasteiger partial charge in [0.15, 0.2) is 0 Å². The Hall–Kier alpha value is -2.63. The normalized spacial score (nSPS) is 14.5. The number of benzene rings is 1. The number of nitrogens with one attached hydrogen (secondary N) is 3. The highest BCUT2D eigenvalue weighted by Gasteiger charge is 2.30. The van der Waals surface area contributed by atoms with Crippen LogP contribution in [0.1, 0.15) is 32.3 Å². The van der Waals surface area contributed by atoms with Crippen molar-refractivity contribution in [1.29, 1.82) is 0 Å². The van der Waals surface area contributed by atoms with Crippen molar-refractivity contribution in [2.24, 2.45) is 11.7 Å². The number of thioether (sulfide) groups is 1. The van der Waals surface area contributed by atoms with E-state index in [0.717, 1.165) is 5.56 Å². The van der Waals surface area contributed by atoms with E-state index in [1.54, 1.807) is 36.0 Å². The van der Waals surface area contributed by atoms with Crippen LogP contribution in [0.3, 0.4) is 0 Å². The van der Waals surface area contributed by atoms with E-state index >= 15 is 0 Å². The van der Waals surface area contributed by atoms with Crippen molar-refractivity contribution in [3.8, 4) is 0 Å². The molecule has 3 amide bonds. The van der Waals surface area contributed by atoms with Crippen molar-refractivity contribution in [2.75, 3.05) is 18.6 Å². The minimum absolute atomic E-state index is 0.00403. The fraction of sp³-hybridized carbons (Fsp3) is 0.565. The Morgan fingerprint density at radius 3 is 2.03 bits per heavy atom. The van der Waals surface area contributed by atoms with Gasteiger partial charge in [-0.3, -0.25) is 14.4 Å². The van der Waals surface area contributed by atoms with Gasteiger partial charge < -0.3 is 31.9 Å². The van der Waals surface area contributed by atoms with Crippen LogP contribution in [0, 0.1) is 5.92 Å². The standard InChI is InChI=1S/C23H36N4O6S/c1-14(2)11-18(23(32)33)26-22(31)19(13-28)27-21(30)17(12-15-7-5-4-6-8-15)25-20(29)16(24)9-10-34-3/h4-8,14,16-19,28H,9-13,24H2,1-3H3,(H,25,29)(H,26,31)(H,27,30)(H,32,33). The number of hydrogen-bond acceptors (Lipinski definition) is 7. The second-order valence-corrected chi connectivity index (χ2v) is 9.40. The summed E-state index contributed by atoms with van der Waals surface area (Å²) in [5, 5.41) is 26.4. The molecule has 0 saturated carbocycles. The molecule has 0 radical (unpaired) electrons. The first kappa shape index (κ1) is 29.4. The average molecular weight is 497 g/mol. The van der Waals surface area contributed by atoms with Gasteiger partial charge in [0.05, 0.1) is 12.6 Å². The molecule has 190 valence electrons. The van der Waals surface area contributed by atoms with Gasteiger partial charge in [0.25, 0.3) is 0 Å². The summed E-state index contributed by atoms with van der Waals surface area (Å²) in [6.07, 6.45) is 2.65. The number of aliphatic hydroxyl groups is 1. The zero-order chi connectivity index (χ0) is 25.7. The predicted octanol–water partition coefficient (Wildman–Crippen LogP) is -0.113. The number of carbonyl (C=O) groups excluding carboxylic acids is 3. The largest absolute Gasteiger partial charge is 0.480 e. The van der Waals surface area contributed by atoms with E-state index in [-0.39, 0.29) is 18.8 Å². The molecular formula is C23H36N4O6S. The summed E-state index contributed by atoms with van der Waals surface area (Å²) in [6.45, 7) is 2.88. The average Bonchev–Trinajstić information content (AvgIpc) is 2.79. The van der Waals surface area contributed by atoms with Gasteiger partial charge in [0.2, 0.25) is 17.7 Å². The Kier molecular flexibility index (Phi) is 13.2. The molecule has 0 spiro atoms. The number of rotatable bonds is 15. The lowest BCUT2D eigenvalue weighted by Crippen LogP contribution is -2.58. The molecule has 11 heteroatoms. The van der Waals surface area contributed by atoms with E-state index in [1.807, 2.05) is 26.2 Å². The van der Waals surface area contributed by atoms with E-state index in [2.05, 4.69) is 16.0 Å². The van der Waals surface area contributed by atoms with Crippen LogP contribution in [-0.4, -0.2) is 76.7 Å². The monoisotopic (exact) mass is 496 g/mol. The topological polar surface area (TPSA) is 171 Å². The Labute approximate surface area is 204 Å². The number of carboxylic acids is 1. The van der Waals surface area contributed by atoms with E-state index in [1.165, 1.54) is 0 Å². The van der Waals surface area contributed by atoms with E-state index in [4.69, 9.17) is 5.73 Å². The third kappa shape index (κ3) is 10.5. The molecule has 10 nitrogen and oxygen atoms in total. The second-order valence-electron chi connectivity index (χ2n) is 8.41. The van der Waals surface area contributed by atoms with Gasteiger partial charge in [-0.25, -0.2) is 4.79 Å². The summed E-state index contributed by atoms with van der Waals surface area (Å²) in [4.78, 5) is 49.6. The van der Waals surface area contributed by atoms with Crippen molar-refractivity contribution in [3.63, 3.8) is 0 Å². The van der Waals surface area contributed by atoms with Gasteiger partial charge in [-0.15, -0.1) is 0 Å². The number of carboxylic acid groups (broad SMARTS) is 1. The number of nitrogens with two attached hydrogens (primary N) is 1. The van der Waals surface area contributed by atoms with Crippen LogP contribution in [0.4, 0.5) is 0 Å². The first-order valence-electron chi connectivity index (χ1n) is 11.1. The molecule has 1 aromatic carbocycles. The van der Waals surface area contributed by atoms with Gasteiger partial charge in [-0.05, 0) is 36.3 Å². The van der Waals surface area contributed by atoms with Crippen LogP contribution in [-0.2, 0) is 25.6 Å². The van der Waals surface area contributed by atoms with Crippen molar-refractivity contribution in [2.45, 2.75) is 57.3 Å². The van der Waals surface area contributed by atoms with Crippen LogP contribution < -0.4 is 21.7 Å². The summed E-state index contributed by atoms with van der Waals surface area (Å²) in [7, 11) is 0. The molecule has 1 rings (SSSR count). The minimum Gasteiger partial charge on any atom is -0.480 e. The maximum absolute atomic E-state index is 13.0. The lowest BCUT2D eigenvalue weighted by atomic mass is 10.0. The second kappa shape index (κ2) is 15.3. The summed E-state index contributed by atoms with van der Waals surface area (Å²) in [6, 6.07) is 4.58. The third-order valence-corrected chi connectivity index (χ3v) is 5.67. The van der Waals surface area contributed by atoms with Gasteiger partial charge in [0.1, 0.15) is 18.1 Å². The molecule has 0 aliphatic heterocycles. The lowest BCUT2D eigenvalue weighted by molar-refractivity contribution is -0.143. The van der Waals surface area contributed by atoms with Crippen LogP contribution >= 0.6 is 11.8 Å². The first-order valence-corrected chi connectivity index (χ1v) is 12.5. The maximum atomic E-state index is 13.0. The zero-order valence-electron chi connectivity index (χ0n) is 19.8. The van der Waals surface area contributed by atoms with Crippen LogP contribution in [0.15, 0.2) is 30.3 Å². The zero-order valence-corrected chi connectivity index (χ0v) is 20.6. The van der Waals surface area contributed by atoms with E-state index in [9.17, 15) is 29.4 Å². The summed E-state index contributed by atoms with van der Waals surface area (Å²) < 4.78 is 0. The van der Waals surface area contributed by atoms with Gasteiger partial charge in [-0.1, -0.05) is 44.2 Å². The molecular weight excluding hydrogens is 460 g/mol. The highest BCUT2D eigenvalue weighted by molar-refractivity contribution is 7.98. The lowest BCUT2D eigenvalue weighted by Gasteiger charge is -2.25. The molecule has 0 heterocycles. The van der Waals surface area contributed by atoms with Crippen molar-refractivity contribution >= 4 is 35.5 Å². The van der Waals surface area contributed by atoms with E-state index in [0.29, 0.717) is 12.2 Å². The number of aliphatic carboxylic acids is 1. The van der Waals surface area contributed by atoms with Gasteiger partial charge in [0, 0.05) is 6.42 Å². The fourth-order valence-electron chi connectivity index (χ4n) is 3.15. The first-order chi connectivity index (χ1) is 16.1. The van der Waals surface area contributed by atoms with Crippen molar-refractivity contribution in [1.82, 2.24) is 16.0 Å². The number of aliphatic hydroxyl groups excluding tert-OH is 1. The molecule has 1 aromatic rings. The highest BCUT2D eigenvalue weighted by Crippen LogP contribution is 2.07. The molecule has 0 bridgehead atoms. The number of carbonyl (C=O) groups is 4. The molecule has 0 aromatic heterocycles. The molecule has 34 heavy (non-hydrogen) atoms. The molecule has 0 saturated heterocycles. The molecule has 0 aliphatic rings. The minimum atomic E-state index is -1.39. The smallest absolute Gasteiger partial charge is 0.326 e. The molecule has 4 atom stereocenters.